The molecule has 8 heteroatoms. The Bertz CT molecular complexity index is 732. The number of hydrogen-bond acceptors (Lipinski definition) is 4. The maximum Gasteiger partial charge on any atom is 0.219 e. The number of amides is 1. The Kier molecular flexibility index (Phi) is 5.27. The molecule has 0 radical (unpaired) electrons. The summed E-state index contributed by atoms with van der Waals surface area (Å²) in [5.41, 5.74) is 1.02. The van der Waals surface area contributed by atoms with Crippen molar-refractivity contribution >= 4 is 11.9 Å². The zero-order chi connectivity index (χ0) is 17.6. The van der Waals surface area contributed by atoms with Crippen LogP contribution in [0.5, 0.6) is 0 Å². The van der Waals surface area contributed by atoms with E-state index in [4.69, 9.17) is 0 Å². The third kappa shape index (κ3) is 3.96. The molecule has 25 heavy (non-hydrogen) atoms. The lowest BCUT2D eigenvalue weighted by atomic mass is 10.3. The Hall–Kier alpha value is -2.90. The van der Waals surface area contributed by atoms with Crippen LogP contribution in [0, 0.1) is 0 Å². The summed E-state index contributed by atoms with van der Waals surface area (Å²) in [7, 11) is 1.77. The lowest BCUT2D eigenvalue weighted by molar-refractivity contribution is -0.130. The molecule has 132 valence electrons. The standard InChI is InChI=1S/C17H23N7O/c1-14(25)22-8-10-23(11-9-22)17(18-2)19-12-16-21-20-13-24(16)15-6-4-3-5-7-15/h3-7,13H,8-12H2,1-2H3,(H,18,19). The maximum atomic E-state index is 11.4. The van der Waals surface area contributed by atoms with Crippen molar-refractivity contribution in [3.05, 3.63) is 42.5 Å². The second-order valence-electron chi connectivity index (χ2n) is 5.85. The van der Waals surface area contributed by atoms with Gasteiger partial charge in [0, 0.05) is 45.8 Å². The number of guanidine groups is 1. The van der Waals surface area contributed by atoms with E-state index in [9.17, 15) is 4.79 Å². The molecule has 2 aromatic rings. The molecule has 0 unspecified atom stereocenters. The number of rotatable bonds is 3. The van der Waals surface area contributed by atoms with Crippen LogP contribution in [0.3, 0.4) is 0 Å². The summed E-state index contributed by atoms with van der Waals surface area (Å²) in [6.07, 6.45) is 1.71. The van der Waals surface area contributed by atoms with Crippen molar-refractivity contribution in [1.29, 1.82) is 0 Å². The van der Waals surface area contributed by atoms with Crippen LogP contribution < -0.4 is 5.32 Å². The number of piperazine rings is 1. The molecular weight excluding hydrogens is 318 g/mol. The average Bonchev–Trinajstić information content (AvgIpc) is 3.12. The van der Waals surface area contributed by atoms with Crippen LogP contribution in [0.25, 0.3) is 5.69 Å². The molecule has 1 saturated heterocycles. The zero-order valence-corrected chi connectivity index (χ0v) is 14.6. The van der Waals surface area contributed by atoms with Gasteiger partial charge < -0.3 is 15.1 Å². The third-order valence-electron chi connectivity index (χ3n) is 4.29. The first-order chi connectivity index (χ1) is 12.2. The van der Waals surface area contributed by atoms with Gasteiger partial charge in [0.05, 0.1) is 6.54 Å². The van der Waals surface area contributed by atoms with E-state index in [-0.39, 0.29) is 5.91 Å². The van der Waals surface area contributed by atoms with E-state index in [2.05, 4.69) is 25.4 Å². The number of carbonyl (C=O) groups is 1. The summed E-state index contributed by atoms with van der Waals surface area (Å²) >= 11 is 0. The van der Waals surface area contributed by atoms with E-state index >= 15 is 0 Å². The fourth-order valence-corrected chi connectivity index (χ4v) is 2.91. The van der Waals surface area contributed by atoms with Crippen molar-refractivity contribution in [1.82, 2.24) is 29.9 Å². The molecule has 0 bridgehead atoms. The molecule has 2 heterocycles. The van der Waals surface area contributed by atoms with Gasteiger partial charge in [-0.3, -0.25) is 14.4 Å². The first-order valence-electron chi connectivity index (χ1n) is 8.34. The largest absolute Gasteiger partial charge is 0.349 e. The maximum absolute atomic E-state index is 11.4. The molecule has 3 rings (SSSR count). The van der Waals surface area contributed by atoms with E-state index in [1.165, 1.54) is 0 Å². The summed E-state index contributed by atoms with van der Waals surface area (Å²) in [6, 6.07) is 9.99. The molecule has 0 spiro atoms. The van der Waals surface area contributed by atoms with Gasteiger partial charge in [-0.25, -0.2) is 0 Å². The number of hydrogen-bond donors (Lipinski definition) is 1. The summed E-state index contributed by atoms with van der Waals surface area (Å²) < 4.78 is 1.95. The zero-order valence-electron chi connectivity index (χ0n) is 14.6. The van der Waals surface area contributed by atoms with Crippen LogP contribution in [0.15, 0.2) is 41.7 Å². The van der Waals surface area contributed by atoms with E-state index < -0.39 is 0 Å². The normalized spacial score (nSPS) is 15.4. The average molecular weight is 341 g/mol. The summed E-state index contributed by atoms with van der Waals surface area (Å²) in [5.74, 6) is 1.75. The molecule has 1 fully saturated rings. The first-order valence-corrected chi connectivity index (χ1v) is 8.34. The lowest BCUT2D eigenvalue weighted by Crippen LogP contribution is -2.53. The fourth-order valence-electron chi connectivity index (χ4n) is 2.91. The molecule has 1 aliphatic heterocycles. The van der Waals surface area contributed by atoms with Gasteiger partial charge in [0.2, 0.25) is 5.91 Å². The minimum absolute atomic E-state index is 0.124. The Balaban J connectivity index is 1.62. The Morgan fingerprint density at radius 2 is 1.84 bits per heavy atom. The molecule has 1 aromatic carbocycles. The van der Waals surface area contributed by atoms with E-state index in [0.717, 1.165) is 43.7 Å². The second kappa shape index (κ2) is 7.78. The Morgan fingerprint density at radius 1 is 1.16 bits per heavy atom. The van der Waals surface area contributed by atoms with Crippen LogP contribution in [0.1, 0.15) is 12.7 Å². The van der Waals surface area contributed by atoms with Gasteiger partial charge in [0.1, 0.15) is 6.33 Å². The predicted octanol–water partition coefficient (Wildman–Crippen LogP) is 0.507. The number of carbonyl (C=O) groups excluding carboxylic acids is 1. The third-order valence-corrected chi connectivity index (χ3v) is 4.29. The van der Waals surface area contributed by atoms with Gasteiger partial charge >= 0.3 is 0 Å². The van der Waals surface area contributed by atoms with E-state index in [1.807, 2.05) is 39.8 Å². The highest BCUT2D eigenvalue weighted by molar-refractivity contribution is 5.80. The van der Waals surface area contributed by atoms with Gasteiger partial charge in [0.25, 0.3) is 0 Å². The Labute approximate surface area is 147 Å². The van der Waals surface area contributed by atoms with Crippen LogP contribution >= 0.6 is 0 Å². The monoisotopic (exact) mass is 341 g/mol. The highest BCUT2D eigenvalue weighted by atomic mass is 16.2. The molecule has 1 aliphatic rings. The summed E-state index contributed by atoms with van der Waals surface area (Å²) in [6.45, 7) is 5.11. The smallest absolute Gasteiger partial charge is 0.219 e. The molecule has 8 nitrogen and oxygen atoms in total. The van der Waals surface area contributed by atoms with E-state index in [1.54, 1.807) is 20.3 Å². The Morgan fingerprint density at radius 3 is 2.48 bits per heavy atom. The minimum atomic E-state index is 0.124. The number of aromatic nitrogens is 3. The molecule has 1 amide bonds. The van der Waals surface area contributed by atoms with Crippen molar-refractivity contribution < 1.29 is 4.79 Å². The second-order valence-corrected chi connectivity index (χ2v) is 5.85. The molecule has 1 N–H and O–H groups in total. The topological polar surface area (TPSA) is 78.7 Å². The number of nitrogens with zero attached hydrogens (tertiary/aromatic N) is 6. The lowest BCUT2D eigenvalue weighted by Gasteiger charge is -2.36. The number of benzene rings is 1. The molecular formula is C17H23N7O. The fraction of sp³-hybridized carbons (Fsp3) is 0.412. The molecule has 0 saturated carbocycles. The van der Waals surface area contributed by atoms with Crippen molar-refractivity contribution in [2.45, 2.75) is 13.5 Å². The number of para-hydroxylation sites is 1. The molecule has 0 aliphatic carbocycles. The molecule has 0 atom stereocenters. The van der Waals surface area contributed by atoms with E-state index in [0.29, 0.717) is 6.54 Å². The van der Waals surface area contributed by atoms with Gasteiger partial charge in [-0.05, 0) is 12.1 Å². The van der Waals surface area contributed by atoms with Crippen LogP contribution in [0.2, 0.25) is 0 Å². The van der Waals surface area contributed by atoms with Crippen LogP contribution in [-0.4, -0.2) is 69.7 Å². The number of nitrogens with one attached hydrogen (secondary N) is 1. The first kappa shape index (κ1) is 16.9. The highest BCUT2D eigenvalue weighted by Gasteiger charge is 2.21. The van der Waals surface area contributed by atoms with Gasteiger partial charge in [0.15, 0.2) is 11.8 Å². The van der Waals surface area contributed by atoms with Gasteiger partial charge in [-0.2, -0.15) is 0 Å². The van der Waals surface area contributed by atoms with Crippen molar-refractivity contribution in [2.75, 3.05) is 33.2 Å². The van der Waals surface area contributed by atoms with Crippen molar-refractivity contribution in [3.63, 3.8) is 0 Å². The summed E-state index contributed by atoms with van der Waals surface area (Å²) in [5, 5.41) is 11.6. The predicted molar refractivity (Wildman–Crippen MR) is 95.4 cm³/mol. The van der Waals surface area contributed by atoms with Gasteiger partial charge in [-0.1, -0.05) is 18.2 Å². The van der Waals surface area contributed by atoms with Gasteiger partial charge in [-0.15, -0.1) is 10.2 Å². The van der Waals surface area contributed by atoms with Crippen LogP contribution in [0.4, 0.5) is 0 Å². The van der Waals surface area contributed by atoms with Crippen molar-refractivity contribution in [3.8, 4) is 5.69 Å². The van der Waals surface area contributed by atoms with Crippen molar-refractivity contribution in [2.24, 2.45) is 4.99 Å². The SMILES string of the molecule is CN=C(NCc1nncn1-c1ccccc1)N1CCN(C(C)=O)CC1. The quantitative estimate of drug-likeness (QED) is 0.650. The van der Waals surface area contributed by atoms with Crippen LogP contribution in [-0.2, 0) is 11.3 Å². The highest BCUT2D eigenvalue weighted by Crippen LogP contribution is 2.09. The number of aliphatic imine (C=N–C) groups is 1. The molecule has 1 aromatic heterocycles. The summed E-state index contributed by atoms with van der Waals surface area (Å²) in [4.78, 5) is 19.8. The minimum Gasteiger partial charge on any atom is -0.349 e.